The summed E-state index contributed by atoms with van der Waals surface area (Å²) in [6.07, 6.45) is 0. The topological polar surface area (TPSA) is 135 Å². The third-order valence-corrected chi connectivity index (χ3v) is 7.14. The van der Waals surface area contributed by atoms with Gasteiger partial charge in [-0.05, 0) is 52.3 Å². The molecule has 0 fully saturated rings. The third-order valence-electron chi connectivity index (χ3n) is 6.44. The normalized spacial score (nSPS) is 12.0. The Kier molecular flexibility index (Phi) is 10.5. The van der Waals surface area contributed by atoms with Crippen molar-refractivity contribution in [2.75, 3.05) is 55.6 Å². The van der Waals surface area contributed by atoms with Gasteiger partial charge < -0.3 is 30.7 Å². The van der Waals surface area contributed by atoms with Gasteiger partial charge in [-0.1, -0.05) is 12.1 Å². The highest BCUT2D eigenvalue weighted by atomic mass is 79.9. The van der Waals surface area contributed by atoms with E-state index in [-0.39, 0.29) is 21.9 Å². The molecular weight excluding hydrogens is 594 g/mol. The number of carbonyl (C=O) groups excluding carboxylic acids is 4. The van der Waals surface area contributed by atoms with Crippen molar-refractivity contribution in [3.05, 3.63) is 70.7 Å². The molecule has 11 nitrogen and oxygen atoms in total. The SMILES string of the molecule is COC(=O)c1ccc(NCC[N+](C)(C(C)=O)c2ccc(NC(=O)Nc3ccccc3Br)c(OC)c2)cc1NC(C)=O. The highest BCUT2D eigenvalue weighted by Crippen LogP contribution is 2.33. The molecular formula is C29H33BrN5O6+. The first kappa shape index (κ1) is 31.1. The molecule has 3 aromatic carbocycles. The first-order chi connectivity index (χ1) is 19.5. The maximum atomic E-state index is 12.9. The van der Waals surface area contributed by atoms with Crippen LogP contribution in [0.4, 0.5) is 33.2 Å². The van der Waals surface area contributed by atoms with E-state index in [1.54, 1.807) is 49.5 Å². The molecule has 0 aromatic heterocycles. The molecule has 1 unspecified atom stereocenters. The highest BCUT2D eigenvalue weighted by molar-refractivity contribution is 9.10. The predicted molar refractivity (Wildman–Crippen MR) is 164 cm³/mol. The summed E-state index contributed by atoms with van der Waals surface area (Å²) in [6, 6.07) is 16.8. The lowest BCUT2D eigenvalue weighted by molar-refractivity contribution is -0.126. The molecule has 0 heterocycles. The Bertz CT molecular complexity index is 1460. The number of hydrogen-bond donors (Lipinski definition) is 4. The van der Waals surface area contributed by atoms with Crippen molar-refractivity contribution < 1.29 is 28.7 Å². The molecule has 0 bridgehead atoms. The van der Waals surface area contributed by atoms with Crippen LogP contribution in [0.5, 0.6) is 5.75 Å². The van der Waals surface area contributed by atoms with E-state index < -0.39 is 12.0 Å². The molecule has 4 amide bonds. The van der Waals surface area contributed by atoms with Gasteiger partial charge in [0.2, 0.25) is 5.91 Å². The van der Waals surface area contributed by atoms with Crippen LogP contribution >= 0.6 is 15.9 Å². The second-order valence-corrected chi connectivity index (χ2v) is 10.1. The maximum absolute atomic E-state index is 12.9. The molecule has 3 aromatic rings. The maximum Gasteiger partial charge on any atom is 0.339 e. The average Bonchev–Trinajstić information content (AvgIpc) is 2.93. The number of benzene rings is 3. The summed E-state index contributed by atoms with van der Waals surface area (Å²) >= 11 is 3.40. The van der Waals surface area contributed by atoms with Crippen LogP contribution < -0.4 is 30.5 Å². The zero-order valence-electron chi connectivity index (χ0n) is 23.5. The number of hydrogen-bond acceptors (Lipinski definition) is 7. The smallest absolute Gasteiger partial charge is 0.339 e. The van der Waals surface area contributed by atoms with E-state index in [0.29, 0.717) is 47.3 Å². The van der Waals surface area contributed by atoms with Gasteiger partial charge >= 0.3 is 17.9 Å². The van der Waals surface area contributed by atoms with Gasteiger partial charge in [0.1, 0.15) is 18.0 Å². The lowest BCUT2D eigenvalue weighted by Gasteiger charge is -2.31. The van der Waals surface area contributed by atoms with E-state index in [0.717, 1.165) is 4.47 Å². The number of rotatable bonds is 10. The van der Waals surface area contributed by atoms with E-state index in [1.807, 2.05) is 18.2 Å². The minimum Gasteiger partial charge on any atom is -0.494 e. The Hall–Kier alpha value is -4.42. The number of anilines is 4. The Balaban J connectivity index is 1.76. The first-order valence-electron chi connectivity index (χ1n) is 12.6. The van der Waals surface area contributed by atoms with Crippen molar-refractivity contribution in [3.63, 3.8) is 0 Å². The molecule has 41 heavy (non-hydrogen) atoms. The van der Waals surface area contributed by atoms with Crippen LogP contribution in [-0.2, 0) is 14.3 Å². The number of para-hydroxylation sites is 1. The number of nitrogens with one attached hydrogen (secondary N) is 4. The summed E-state index contributed by atoms with van der Waals surface area (Å²) in [5.41, 5.74) is 2.89. The van der Waals surface area contributed by atoms with Crippen molar-refractivity contribution in [3.8, 4) is 5.75 Å². The number of quaternary nitrogens is 1. The third kappa shape index (κ3) is 7.83. The quantitative estimate of drug-likeness (QED) is 0.174. The van der Waals surface area contributed by atoms with Crippen LogP contribution in [0.25, 0.3) is 0 Å². The van der Waals surface area contributed by atoms with Crippen molar-refractivity contribution in [2.24, 2.45) is 0 Å². The standard InChI is InChI=1S/C29H32BrN5O6/c1-18(36)32-26-16-20(10-12-22(26)28(38)41-5)31-14-15-35(3,19(2)37)21-11-13-25(27(17-21)40-4)34-29(39)33-24-9-7-6-8-23(24)30/h6-13,16-17H,14-15H2,1-5H3,(H3-,31,32,33,34,36,38,39)/p+1. The van der Waals surface area contributed by atoms with Gasteiger partial charge in [-0.2, -0.15) is 0 Å². The number of urea groups is 1. The summed E-state index contributed by atoms with van der Waals surface area (Å²) in [6.45, 7) is 3.59. The van der Waals surface area contributed by atoms with Gasteiger partial charge in [0, 0.05) is 29.2 Å². The van der Waals surface area contributed by atoms with Crippen molar-refractivity contribution in [2.45, 2.75) is 13.8 Å². The van der Waals surface area contributed by atoms with Gasteiger partial charge in [-0.25, -0.2) is 18.9 Å². The second-order valence-electron chi connectivity index (χ2n) is 9.24. The zero-order valence-corrected chi connectivity index (χ0v) is 25.0. The van der Waals surface area contributed by atoms with Crippen LogP contribution in [-0.4, -0.2) is 58.2 Å². The molecule has 0 aliphatic heterocycles. The average molecular weight is 628 g/mol. The number of halogens is 1. The van der Waals surface area contributed by atoms with Crippen molar-refractivity contribution in [1.29, 1.82) is 0 Å². The molecule has 0 radical (unpaired) electrons. The van der Waals surface area contributed by atoms with Crippen LogP contribution in [0.1, 0.15) is 24.2 Å². The van der Waals surface area contributed by atoms with E-state index in [1.165, 1.54) is 28.1 Å². The number of amides is 4. The van der Waals surface area contributed by atoms with Gasteiger partial charge in [-0.15, -0.1) is 0 Å². The van der Waals surface area contributed by atoms with Crippen LogP contribution in [0.15, 0.2) is 65.1 Å². The summed E-state index contributed by atoms with van der Waals surface area (Å²) < 4.78 is 11.0. The fourth-order valence-corrected chi connectivity index (χ4v) is 4.44. The van der Waals surface area contributed by atoms with Crippen LogP contribution in [0.2, 0.25) is 0 Å². The molecule has 4 N–H and O–H groups in total. The largest absolute Gasteiger partial charge is 0.494 e. The minimum atomic E-state index is -0.571. The number of esters is 1. The molecule has 0 saturated heterocycles. The molecule has 216 valence electrons. The lowest BCUT2D eigenvalue weighted by Crippen LogP contribution is -2.52. The number of nitrogens with zero attached hydrogens (tertiary/aromatic N) is 1. The Morgan fingerprint density at radius 1 is 0.854 bits per heavy atom. The van der Waals surface area contributed by atoms with Gasteiger partial charge in [0.05, 0.1) is 57.4 Å². The van der Waals surface area contributed by atoms with Crippen molar-refractivity contribution >= 4 is 68.2 Å². The lowest BCUT2D eigenvalue weighted by atomic mass is 10.1. The van der Waals surface area contributed by atoms with E-state index in [4.69, 9.17) is 9.47 Å². The molecule has 0 spiro atoms. The molecule has 0 aliphatic rings. The highest BCUT2D eigenvalue weighted by Gasteiger charge is 2.32. The monoisotopic (exact) mass is 626 g/mol. The van der Waals surface area contributed by atoms with Gasteiger partial charge in [0.15, 0.2) is 0 Å². The van der Waals surface area contributed by atoms with Crippen molar-refractivity contribution in [1.82, 2.24) is 4.48 Å². The van der Waals surface area contributed by atoms with Gasteiger partial charge in [-0.3, -0.25) is 4.79 Å². The molecule has 0 aliphatic carbocycles. The minimum absolute atomic E-state index is 0.0639. The zero-order chi connectivity index (χ0) is 30.2. The molecule has 0 saturated carbocycles. The summed E-state index contributed by atoms with van der Waals surface area (Å²) in [5.74, 6) is -0.619. The summed E-state index contributed by atoms with van der Waals surface area (Å²) in [7, 11) is 4.54. The summed E-state index contributed by atoms with van der Waals surface area (Å²) in [5, 5.41) is 11.4. The van der Waals surface area contributed by atoms with E-state index in [9.17, 15) is 19.2 Å². The number of ether oxygens (including phenoxy) is 2. The molecule has 3 rings (SSSR count). The Labute approximate surface area is 246 Å². The van der Waals surface area contributed by atoms with E-state index in [2.05, 4.69) is 37.2 Å². The van der Waals surface area contributed by atoms with Gasteiger partial charge in [0.25, 0.3) is 0 Å². The van der Waals surface area contributed by atoms with E-state index >= 15 is 0 Å². The van der Waals surface area contributed by atoms with Crippen LogP contribution in [0.3, 0.4) is 0 Å². The Morgan fingerprint density at radius 3 is 2.20 bits per heavy atom. The fraction of sp³-hybridized carbons (Fsp3) is 0.241. The number of carbonyl (C=O) groups is 4. The second kappa shape index (κ2) is 13.8. The predicted octanol–water partition coefficient (Wildman–Crippen LogP) is 5.44. The summed E-state index contributed by atoms with van der Waals surface area (Å²) in [4.78, 5) is 49.2. The number of methoxy groups -OCH3 is 2. The van der Waals surface area contributed by atoms with Crippen LogP contribution in [0, 0.1) is 0 Å². The Morgan fingerprint density at radius 2 is 1.56 bits per heavy atom. The molecule has 1 atom stereocenters. The molecule has 12 heteroatoms. The fourth-order valence-electron chi connectivity index (χ4n) is 4.06. The first-order valence-corrected chi connectivity index (χ1v) is 13.4. The number of likely N-dealkylation sites (N-methyl/N-ethyl adjacent to an activating group) is 1.